The van der Waals surface area contributed by atoms with Crippen LogP contribution < -0.4 is 5.32 Å². The molecule has 4 amide bonds. The van der Waals surface area contributed by atoms with Gasteiger partial charge in [0.15, 0.2) is 0 Å². The molecule has 30 heavy (non-hydrogen) atoms. The third-order valence-corrected chi connectivity index (χ3v) is 6.24. The standard InChI is InChI=1S/C23H27N3O4/c1-2-12-23(21(28)26(22(29)24-23)16-19-9-6-15-30-19)18-10-13-25(14-11-18)20(27)17-7-4-3-5-8-17/h3-9,15,18H,2,10-14,16H2,1H3,(H,24,29). The van der Waals surface area contributed by atoms with Crippen LogP contribution in [0.3, 0.4) is 0 Å². The second-order valence-corrected chi connectivity index (χ2v) is 8.05. The SMILES string of the molecule is CCCC1(C2CCN(C(=O)c3ccccc3)CC2)NC(=O)N(Cc2ccco2)C1=O. The summed E-state index contributed by atoms with van der Waals surface area (Å²) in [7, 11) is 0. The lowest BCUT2D eigenvalue weighted by molar-refractivity contribution is -0.134. The molecule has 2 saturated heterocycles. The maximum atomic E-state index is 13.4. The zero-order valence-corrected chi connectivity index (χ0v) is 17.2. The van der Waals surface area contributed by atoms with E-state index >= 15 is 0 Å². The van der Waals surface area contributed by atoms with Gasteiger partial charge >= 0.3 is 6.03 Å². The minimum Gasteiger partial charge on any atom is -0.467 e. The molecule has 1 unspecified atom stereocenters. The van der Waals surface area contributed by atoms with Crippen molar-refractivity contribution in [3.05, 3.63) is 60.1 Å². The lowest BCUT2D eigenvalue weighted by atomic mass is 9.74. The van der Waals surface area contributed by atoms with E-state index in [9.17, 15) is 14.4 Å². The molecule has 1 aromatic heterocycles. The van der Waals surface area contributed by atoms with Crippen LogP contribution in [0.4, 0.5) is 4.79 Å². The highest BCUT2D eigenvalue weighted by molar-refractivity contribution is 6.07. The first-order valence-electron chi connectivity index (χ1n) is 10.6. The highest BCUT2D eigenvalue weighted by atomic mass is 16.3. The molecule has 2 aliphatic heterocycles. The smallest absolute Gasteiger partial charge is 0.325 e. The van der Waals surface area contributed by atoms with Crippen LogP contribution in [-0.2, 0) is 11.3 Å². The molecule has 2 aliphatic rings. The predicted octanol–water partition coefficient (Wildman–Crippen LogP) is 3.42. The van der Waals surface area contributed by atoms with Crippen molar-refractivity contribution in [1.29, 1.82) is 0 Å². The van der Waals surface area contributed by atoms with Gasteiger partial charge in [-0.25, -0.2) is 4.79 Å². The zero-order valence-electron chi connectivity index (χ0n) is 17.2. The van der Waals surface area contributed by atoms with E-state index in [2.05, 4.69) is 5.32 Å². The summed E-state index contributed by atoms with van der Waals surface area (Å²) >= 11 is 0. The average molecular weight is 409 g/mol. The van der Waals surface area contributed by atoms with Crippen LogP contribution in [-0.4, -0.2) is 46.3 Å². The fourth-order valence-corrected chi connectivity index (χ4v) is 4.73. The highest BCUT2D eigenvalue weighted by Gasteiger charge is 2.55. The van der Waals surface area contributed by atoms with Gasteiger partial charge in [-0.05, 0) is 49.4 Å². The number of carbonyl (C=O) groups excluding carboxylic acids is 3. The van der Waals surface area contributed by atoms with Gasteiger partial charge < -0.3 is 14.6 Å². The van der Waals surface area contributed by atoms with E-state index in [1.54, 1.807) is 12.1 Å². The number of nitrogens with zero attached hydrogens (tertiary/aromatic N) is 2. The van der Waals surface area contributed by atoms with Gasteiger partial charge in [-0.2, -0.15) is 0 Å². The van der Waals surface area contributed by atoms with E-state index < -0.39 is 5.54 Å². The van der Waals surface area contributed by atoms with Crippen molar-refractivity contribution in [3.8, 4) is 0 Å². The van der Waals surface area contributed by atoms with Crippen molar-refractivity contribution in [1.82, 2.24) is 15.1 Å². The Labute approximate surface area is 176 Å². The van der Waals surface area contributed by atoms with Crippen LogP contribution in [0.5, 0.6) is 0 Å². The summed E-state index contributed by atoms with van der Waals surface area (Å²) in [5.74, 6) is 0.405. The summed E-state index contributed by atoms with van der Waals surface area (Å²) in [5.41, 5.74) is -0.227. The molecular weight excluding hydrogens is 382 g/mol. The van der Waals surface area contributed by atoms with Crippen LogP contribution >= 0.6 is 0 Å². The Bertz CT molecular complexity index is 904. The maximum Gasteiger partial charge on any atom is 0.325 e. The molecule has 158 valence electrons. The van der Waals surface area contributed by atoms with Gasteiger partial charge in [-0.3, -0.25) is 14.5 Å². The second kappa shape index (κ2) is 8.34. The molecule has 1 aromatic carbocycles. The van der Waals surface area contributed by atoms with E-state index in [-0.39, 0.29) is 30.3 Å². The number of benzene rings is 1. The summed E-state index contributed by atoms with van der Waals surface area (Å²) in [6.07, 6.45) is 4.26. The molecule has 1 atom stereocenters. The Morgan fingerprint density at radius 2 is 1.87 bits per heavy atom. The molecule has 2 aromatic rings. The van der Waals surface area contributed by atoms with Crippen molar-refractivity contribution in [2.24, 2.45) is 5.92 Å². The number of carbonyl (C=O) groups is 3. The Balaban J connectivity index is 1.48. The number of nitrogens with one attached hydrogen (secondary N) is 1. The predicted molar refractivity (Wildman–Crippen MR) is 110 cm³/mol. The van der Waals surface area contributed by atoms with Crippen LogP contribution in [0.25, 0.3) is 0 Å². The van der Waals surface area contributed by atoms with Gasteiger partial charge in [0.2, 0.25) is 0 Å². The molecule has 0 aliphatic carbocycles. The molecule has 4 rings (SSSR count). The second-order valence-electron chi connectivity index (χ2n) is 8.05. The third-order valence-electron chi connectivity index (χ3n) is 6.24. The van der Waals surface area contributed by atoms with E-state index in [4.69, 9.17) is 4.42 Å². The number of rotatable bonds is 6. The highest BCUT2D eigenvalue weighted by Crippen LogP contribution is 2.37. The molecule has 2 fully saturated rings. The molecule has 3 heterocycles. The van der Waals surface area contributed by atoms with Crippen LogP contribution in [0.2, 0.25) is 0 Å². The Kier molecular flexibility index (Phi) is 5.61. The zero-order chi connectivity index (χ0) is 21.1. The van der Waals surface area contributed by atoms with Crippen molar-refractivity contribution < 1.29 is 18.8 Å². The van der Waals surface area contributed by atoms with Crippen LogP contribution in [0.1, 0.15) is 48.7 Å². The number of hydrogen-bond donors (Lipinski definition) is 1. The van der Waals surface area contributed by atoms with Crippen molar-refractivity contribution in [2.75, 3.05) is 13.1 Å². The monoisotopic (exact) mass is 409 g/mol. The number of urea groups is 1. The topological polar surface area (TPSA) is 82.9 Å². The van der Waals surface area contributed by atoms with Crippen molar-refractivity contribution in [3.63, 3.8) is 0 Å². The number of furan rings is 1. The summed E-state index contributed by atoms with van der Waals surface area (Å²) in [6, 6.07) is 12.4. The minimum atomic E-state index is -0.902. The first kappa shape index (κ1) is 20.2. The molecule has 1 N–H and O–H groups in total. The summed E-state index contributed by atoms with van der Waals surface area (Å²) < 4.78 is 5.33. The average Bonchev–Trinajstić information content (AvgIpc) is 3.37. The van der Waals surface area contributed by atoms with Crippen LogP contribution in [0.15, 0.2) is 53.1 Å². The fourth-order valence-electron chi connectivity index (χ4n) is 4.73. The largest absolute Gasteiger partial charge is 0.467 e. The molecule has 0 radical (unpaired) electrons. The number of imide groups is 1. The Morgan fingerprint density at radius 1 is 1.13 bits per heavy atom. The minimum absolute atomic E-state index is 0.00433. The van der Waals surface area contributed by atoms with Crippen molar-refractivity contribution in [2.45, 2.75) is 44.7 Å². The molecular formula is C23H27N3O4. The van der Waals surface area contributed by atoms with Crippen molar-refractivity contribution >= 4 is 17.8 Å². The van der Waals surface area contributed by atoms with Gasteiger partial charge in [-0.15, -0.1) is 0 Å². The van der Waals surface area contributed by atoms with Gasteiger partial charge in [0.05, 0.1) is 12.8 Å². The molecule has 7 heteroatoms. The number of amides is 4. The van der Waals surface area contributed by atoms with E-state index in [0.29, 0.717) is 43.7 Å². The summed E-state index contributed by atoms with van der Waals surface area (Å²) in [5, 5.41) is 3.02. The summed E-state index contributed by atoms with van der Waals surface area (Å²) in [4.78, 5) is 42.0. The van der Waals surface area contributed by atoms with Gasteiger partial charge in [0.25, 0.3) is 11.8 Å². The van der Waals surface area contributed by atoms with Gasteiger partial charge in [0, 0.05) is 18.7 Å². The molecule has 7 nitrogen and oxygen atoms in total. The van der Waals surface area contributed by atoms with Crippen LogP contribution in [0, 0.1) is 5.92 Å². The normalized spacial score (nSPS) is 22.4. The fraction of sp³-hybridized carbons (Fsp3) is 0.435. The first-order valence-corrected chi connectivity index (χ1v) is 10.6. The third kappa shape index (κ3) is 3.60. The maximum absolute atomic E-state index is 13.4. The van der Waals surface area contributed by atoms with E-state index in [0.717, 1.165) is 6.42 Å². The first-order chi connectivity index (χ1) is 14.5. The summed E-state index contributed by atoms with van der Waals surface area (Å²) in [6.45, 7) is 3.30. The Hall–Kier alpha value is -3.09. The van der Waals surface area contributed by atoms with Gasteiger partial charge in [-0.1, -0.05) is 31.5 Å². The molecule has 0 spiro atoms. The lowest BCUT2D eigenvalue weighted by Gasteiger charge is -2.41. The number of likely N-dealkylation sites (tertiary alicyclic amines) is 1. The van der Waals surface area contributed by atoms with E-state index in [1.807, 2.05) is 42.2 Å². The lowest BCUT2D eigenvalue weighted by Crippen LogP contribution is -2.56. The van der Waals surface area contributed by atoms with Gasteiger partial charge in [0.1, 0.15) is 11.3 Å². The quantitative estimate of drug-likeness (QED) is 0.741. The molecule has 0 saturated carbocycles. The molecule has 0 bridgehead atoms. The number of piperidine rings is 1. The Morgan fingerprint density at radius 3 is 2.50 bits per heavy atom. The number of hydrogen-bond acceptors (Lipinski definition) is 4. The van der Waals surface area contributed by atoms with E-state index in [1.165, 1.54) is 11.2 Å².